The molecule has 1 aromatic carbocycles. The van der Waals surface area contributed by atoms with Crippen molar-refractivity contribution in [2.24, 2.45) is 0 Å². The van der Waals surface area contributed by atoms with E-state index in [1.807, 2.05) is 18.2 Å². The van der Waals surface area contributed by atoms with E-state index < -0.39 is 0 Å². The van der Waals surface area contributed by atoms with E-state index in [1.54, 1.807) is 21.3 Å². The molecule has 0 aliphatic heterocycles. The fourth-order valence-electron chi connectivity index (χ4n) is 1.98. The highest BCUT2D eigenvalue weighted by atomic mass is 16.5. The lowest BCUT2D eigenvalue weighted by atomic mass is 10.1. The van der Waals surface area contributed by atoms with E-state index in [4.69, 9.17) is 14.2 Å². The van der Waals surface area contributed by atoms with E-state index in [0.29, 0.717) is 0 Å². The first-order valence-corrected chi connectivity index (χ1v) is 6.67. The maximum absolute atomic E-state index is 5.40. The van der Waals surface area contributed by atoms with Crippen molar-refractivity contribution >= 4 is 0 Å². The van der Waals surface area contributed by atoms with E-state index in [-0.39, 0.29) is 6.04 Å². The van der Waals surface area contributed by atoms with Gasteiger partial charge in [0.2, 0.25) is 0 Å². The molecule has 1 aromatic rings. The minimum atomic E-state index is 0.229. The molecule has 4 nitrogen and oxygen atoms in total. The molecule has 0 aliphatic carbocycles. The van der Waals surface area contributed by atoms with E-state index in [1.165, 1.54) is 0 Å². The fraction of sp³-hybridized carbons (Fsp3) is 0.600. The van der Waals surface area contributed by atoms with E-state index >= 15 is 0 Å². The summed E-state index contributed by atoms with van der Waals surface area (Å²) in [4.78, 5) is 0. The third kappa shape index (κ3) is 5.09. The Labute approximate surface area is 116 Å². The van der Waals surface area contributed by atoms with E-state index in [9.17, 15) is 0 Å². The van der Waals surface area contributed by atoms with Crippen LogP contribution in [0.15, 0.2) is 18.2 Å². The third-order valence-corrected chi connectivity index (χ3v) is 3.13. The predicted octanol–water partition coefficient (Wildman–Crippen LogP) is 2.78. The lowest BCUT2D eigenvalue weighted by Crippen LogP contribution is -2.20. The largest absolute Gasteiger partial charge is 0.497 e. The topological polar surface area (TPSA) is 39.7 Å². The summed E-state index contributed by atoms with van der Waals surface area (Å²) in [5, 5.41) is 3.49. The average Bonchev–Trinajstić information content (AvgIpc) is 2.46. The molecule has 0 aliphatic rings. The Balaban J connectivity index is 2.56. The van der Waals surface area contributed by atoms with Gasteiger partial charge in [-0.25, -0.2) is 0 Å². The van der Waals surface area contributed by atoms with Crippen molar-refractivity contribution in [3.63, 3.8) is 0 Å². The molecule has 0 heterocycles. The zero-order valence-electron chi connectivity index (χ0n) is 12.4. The first-order valence-electron chi connectivity index (χ1n) is 6.67. The number of rotatable bonds is 9. The molecule has 108 valence electrons. The smallest absolute Gasteiger partial charge is 0.123 e. The number of benzene rings is 1. The van der Waals surface area contributed by atoms with Gasteiger partial charge in [0, 0.05) is 25.3 Å². The van der Waals surface area contributed by atoms with Crippen LogP contribution in [0.2, 0.25) is 0 Å². The lowest BCUT2D eigenvalue weighted by molar-refractivity contribution is 0.192. The summed E-state index contributed by atoms with van der Waals surface area (Å²) < 4.78 is 15.7. The molecule has 0 saturated carbocycles. The Hall–Kier alpha value is -1.26. The normalized spacial score (nSPS) is 12.2. The molecule has 0 saturated heterocycles. The second kappa shape index (κ2) is 8.77. The molecule has 0 fully saturated rings. The van der Waals surface area contributed by atoms with Crippen LogP contribution in [0, 0.1) is 0 Å². The SMILES string of the molecule is COCCCCNC(C)c1cc(OC)ccc1OC. The molecule has 0 aromatic heterocycles. The number of nitrogens with one attached hydrogen (secondary N) is 1. The van der Waals surface area contributed by atoms with Crippen molar-refractivity contribution in [2.75, 3.05) is 34.5 Å². The molecule has 0 radical (unpaired) electrons. The number of ether oxygens (including phenoxy) is 3. The second-order valence-corrected chi connectivity index (χ2v) is 4.48. The number of methoxy groups -OCH3 is 3. The summed E-state index contributed by atoms with van der Waals surface area (Å²) >= 11 is 0. The predicted molar refractivity (Wildman–Crippen MR) is 77.1 cm³/mol. The van der Waals surface area contributed by atoms with Crippen LogP contribution in [0.25, 0.3) is 0 Å². The molecule has 4 heteroatoms. The van der Waals surface area contributed by atoms with Gasteiger partial charge in [0.1, 0.15) is 11.5 Å². The van der Waals surface area contributed by atoms with Crippen LogP contribution in [0.3, 0.4) is 0 Å². The fourth-order valence-corrected chi connectivity index (χ4v) is 1.98. The molecule has 1 N–H and O–H groups in total. The zero-order valence-corrected chi connectivity index (χ0v) is 12.4. The van der Waals surface area contributed by atoms with Gasteiger partial charge >= 0.3 is 0 Å². The Morgan fingerprint density at radius 3 is 2.53 bits per heavy atom. The van der Waals surface area contributed by atoms with Crippen LogP contribution < -0.4 is 14.8 Å². The first kappa shape index (κ1) is 15.8. The Kier molecular flexibility index (Phi) is 7.30. The van der Waals surface area contributed by atoms with Gasteiger partial charge in [0.25, 0.3) is 0 Å². The molecular formula is C15H25NO3. The Morgan fingerprint density at radius 2 is 1.89 bits per heavy atom. The summed E-state index contributed by atoms with van der Waals surface area (Å²) in [5.74, 6) is 1.74. The third-order valence-electron chi connectivity index (χ3n) is 3.13. The summed E-state index contributed by atoms with van der Waals surface area (Å²) in [5.41, 5.74) is 1.12. The van der Waals surface area contributed by atoms with Gasteiger partial charge < -0.3 is 19.5 Å². The number of unbranched alkanes of at least 4 members (excludes halogenated alkanes) is 1. The van der Waals surface area contributed by atoms with Crippen LogP contribution in [-0.2, 0) is 4.74 Å². The van der Waals surface area contributed by atoms with Gasteiger partial charge in [-0.1, -0.05) is 0 Å². The Morgan fingerprint density at radius 1 is 1.11 bits per heavy atom. The molecular weight excluding hydrogens is 242 g/mol. The molecule has 0 bridgehead atoms. The second-order valence-electron chi connectivity index (χ2n) is 4.48. The lowest BCUT2D eigenvalue weighted by Gasteiger charge is -2.18. The number of hydrogen-bond acceptors (Lipinski definition) is 4. The van der Waals surface area contributed by atoms with Crippen molar-refractivity contribution in [1.82, 2.24) is 5.32 Å². The standard InChI is InChI=1S/C15H25NO3/c1-12(16-9-5-6-10-17-2)14-11-13(18-3)7-8-15(14)19-4/h7-8,11-12,16H,5-6,9-10H2,1-4H3. The minimum Gasteiger partial charge on any atom is -0.497 e. The summed E-state index contributed by atoms with van der Waals surface area (Å²) in [6.45, 7) is 3.91. The molecule has 1 atom stereocenters. The van der Waals surface area contributed by atoms with E-state index in [0.717, 1.165) is 43.1 Å². The van der Waals surface area contributed by atoms with Crippen LogP contribution >= 0.6 is 0 Å². The van der Waals surface area contributed by atoms with Crippen molar-refractivity contribution in [2.45, 2.75) is 25.8 Å². The monoisotopic (exact) mass is 267 g/mol. The average molecular weight is 267 g/mol. The first-order chi connectivity index (χ1) is 9.22. The van der Waals surface area contributed by atoms with Gasteiger partial charge in [0.05, 0.1) is 14.2 Å². The maximum atomic E-state index is 5.40. The van der Waals surface area contributed by atoms with Crippen molar-refractivity contribution < 1.29 is 14.2 Å². The highest BCUT2D eigenvalue weighted by Crippen LogP contribution is 2.29. The van der Waals surface area contributed by atoms with Gasteiger partial charge in [-0.15, -0.1) is 0 Å². The van der Waals surface area contributed by atoms with Crippen LogP contribution in [0.5, 0.6) is 11.5 Å². The minimum absolute atomic E-state index is 0.229. The molecule has 19 heavy (non-hydrogen) atoms. The highest BCUT2D eigenvalue weighted by Gasteiger charge is 2.11. The Bertz CT molecular complexity index is 368. The summed E-state index contributed by atoms with van der Waals surface area (Å²) in [6, 6.07) is 6.10. The van der Waals surface area contributed by atoms with E-state index in [2.05, 4.69) is 12.2 Å². The maximum Gasteiger partial charge on any atom is 0.123 e. The van der Waals surface area contributed by atoms with Gasteiger partial charge in [-0.3, -0.25) is 0 Å². The van der Waals surface area contributed by atoms with Gasteiger partial charge in [0.15, 0.2) is 0 Å². The van der Waals surface area contributed by atoms with Gasteiger partial charge in [-0.05, 0) is 44.5 Å². The van der Waals surface area contributed by atoms with Crippen LogP contribution in [0.4, 0.5) is 0 Å². The zero-order chi connectivity index (χ0) is 14.1. The summed E-state index contributed by atoms with van der Waals surface area (Å²) in [6.07, 6.45) is 2.18. The van der Waals surface area contributed by atoms with Crippen molar-refractivity contribution in [3.05, 3.63) is 23.8 Å². The molecule has 0 amide bonds. The highest BCUT2D eigenvalue weighted by molar-refractivity contribution is 5.42. The van der Waals surface area contributed by atoms with Crippen LogP contribution in [-0.4, -0.2) is 34.5 Å². The molecule has 1 unspecified atom stereocenters. The molecule has 0 spiro atoms. The number of hydrogen-bond donors (Lipinski definition) is 1. The van der Waals surface area contributed by atoms with Crippen LogP contribution in [0.1, 0.15) is 31.4 Å². The van der Waals surface area contributed by atoms with Gasteiger partial charge in [-0.2, -0.15) is 0 Å². The molecule has 1 rings (SSSR count). The summed E-state index contributed by atoms with van der Waals surface area (Å²) in [7, 11) is 5.10. The quantitative estimate of drug-likeness (QED) is 0.698. The van der Waals surface area contributed by atoms with Crippen molar-refractivity contribution in [3.8, 4) is 11.5 Å². The van der Waals surface area contributed by atoms with Crippen molar-refractivity contribution in [1.29, 1.82) is 0 Å².